The lowest BCUT2D eigenvalue weighted by Gasteiger charge is -2.25. The maximum atomic E-state index is 5.60. The quantitative estimate of drug-likeness (QED) is 0.874. The van der Waals surface area contributed by atoms with Gasteiger partial charge in [-0.25, -0.2) is 0 Å². The molecule has 0 spiro atoms. The summed E-state index contributed by atoms with van der Waals surface area (Å²) in [6.07, 6.45) is 3.86. The molecule has 17 heavy (non-hydrogen) atoms. The van der Waals surface area contributed by atoms with E-state index in [1.165, 1.54) is 19.3 Å². The molecule has 0 bridgehead atoms. The molecule has 0 atom stereocenters. The van der Waals surface area contributed by atoms with Crippen molar-refractivity contribution in [1.29, 1.82) is 0 Å². The number of hydrogen-bond acceptors (Lipinski definition) is 4. The fourth-order valence-corrected chi connectivity index (χ4v) is 1.87. The van der Waals surface area contributed by atoms with E-state index in [4.69, 9.17) is 4.42 Å². The van der Waals surface area contributed by atoms with E-state index in [-0.39, 0.29) is 0 Å². The molecule has 0 radical (unpaired) electrons. The summed E-state index contributed by atoms with van der Waals surface area (Å²) >= 11 is 0. The summed E-state index contributed by atoms with van der Waals surface area (Å²) in [5.41, 5.74) is 0.967. The van der Waals surface area contributed by atoms with Gasteiger partial charge in [0.15, 0.2) is 0 Å². The SMILES string of the molecule is c1ccc(-c2nnc(CNC3CCC3)o2)cc1. The minimum Gasteiger partial charge on any atom is -0.419 e. The summed E-state index contributed by atoms with van der Waals surface area (Å²) in [5.74, 6) is 1.26. The van der Waals surface area contributed by atoms with E-state index >= 15 is 0 Å². The lowest BCUT2D eigenvalue weighted by atomic mass is 9.93. The molecule has 0 amide bonds. The topological polar surface area (TPSA) is 51.0 Å². The molecule has 2 aromatic rings. The lowest BCUT2D eigenvalue weighted by Crippen LogP contribution is -2.34. The molecule has 1 aromatic heterocycles. The predicted molar refractivity (Wildman–Crippen MR) is 64.2 cm³/mol. The Hall–Kier alpha value is -1.68. The molecule has 0 aliphatic heterocycles. The number of aromatic nitrogens is 2. The molecule has 0 saturated heterocycles. The van der Waals surface area contributed by atoms with Crippen molar-refractivity contribution in [2.45, 2.75) is 31.8 Å². The van der Waals surface area contributed by atoms with Crippen LogP contribution in [-0.4, -0.2) is 16.2 Å². The molecule has 1 heterocycles. The largest absolute Gasteiger partial charge is 0.419 e. The molecule has 1 aliphatic carbocycles. The highest BCUT2D eigenvalue weighted by molar-refractivity contribution is 5.51. The van der Waals surface area contributed by atoms with Crippen molar-refractivity contribution < 1.29 is 4.42 Å². The number of hydrogen-bond donors (Lipinski definition) is 1. The zero-order chi connectivity index (χ0) is 11.5. The van der Waals surface area contributed by atoms with Gasteiger partial charge in [-0.1, -0.05) is 24.6 Å². The van der Waals surface area contributed by atoms with Gasteiger partial charge in [-0.05, 0) is 25.0 Å². The minimum absolute atomic E-state index is 0.594. The van der Waals surface area contributed by atoms with Crippen molar-refractivity contribution in [3.05, 3.63) is 36.2 Å². The van der Waals surface area contributed by atoms with Gasteiger partial charge in [0.1, 0.15) is 0 Å². The van der Waals surface area contributed by atoms with Crippen molar-refractivity contribution in [2.75, 3.05) is 0 Å². The highest BCUT2D eigenvalue weighted by Gasteiger charge is 2.17. The summed E-state index contributed by atoms with van der Waals surface area (Å²) < 4.78 is 5.60. The van der Waals surface area contributed by atoms with Crippen LogP contribution in [0.4, 0.5) is 0 Å². The summed E-state index contributed by atoms with van der Waals surface area (Å²) in [4.78, 5) is 0. The van der Waals surface area contributed by atoms with Crippen LogP contribution in [0.1, 0.15) is 25.2 Å². The van der Waals surface area contributed by atoms with Crippen LogP contribution in [0.5, 0.6) is 0 Å². The lowest BCUT2D eigenvalue weighted by molar-refractivity contribution is 0.323. The third-order valence-corrected chi connectivity index (χ3v) is 3.13. The Morgan fingerprint density at radius 2 is 2.00 bits per heavy atom. The Balaban J connectivity index is 1.65. The number of benzene rings is 1. The van der Waals surface area contributed by atoms with E-state index in [1.54, 1.807) is 0 Å². The van der Waals surface area contributed by atoms with Crippen LogP contribution in [0.25, 0.3) is 11.5 Å². The first-order valence-corrected chi connectivity index (χ1v) is 6.03. The van der Waals surface area contributed by atoms with Crippen molar-refractivity contribution >= 4 is 0 Å². The third-order valence-electron chi connectivity index (χ3n) is 3.13. The van der Waals surface area contributed by atoms with Gasteiger partial charge in [-0.3, -0.25) is 0 Å². The van der Waals surface area contributed by atoms with E-state index in [2.05, 4.69) is 15.5 Å². The molecular weight excluding hydrogens is 214 g/mol. The smallest absolute Gasteiger partial charge is 0.247 e. The Kier molecular flexibility index (Phi) is 2.88. The molecule has 0 unspecified atom stereocenters. The molecule has 1 aliphatic rings. The maximum Gasteiger partial charge on any atom is 0.247 e. The molecule has 4 nitrogen and oxygen atoms in total. The summed E-state index contributed by atoms with van der Waals surface area (Å²) in [6, 6.07) is 10.5. The summed E-state index contributed by atoms with van der Waals surface area (Å²) in [5, 5.41) is 11.5. The Bertz CT molecular complexity index is 476. The summed E-state index contributed by atoms with van der Waals surface area (Å²) in [6.45, 7) is 0.671. The van der Waals surface area contributed by atoms with Crippen LogP contribution < -0.4 is 5.32 Å². The van der Waals surface area contributed by atoms with E-state index in [9.17, 15) is 0 Å². The normalized spacial score (nSPS) is 15.8. The first-order valence-electron chi connectivity index (χ1n) is 6.03. The van der Waals surface area contributed by atoms with Gasteiger partial charge in [0.05, 0.1) is 6.54 Å². The fourth-order valence-electron chi connectivity index (χ4n) is 1.87. The van der Waals surface area contributed by atoms with Gasteiger partial charge in [0, 0.05) is 11.6 Å². The molecule has 1 fully saturated rings. The molecule has 1 N–H and O–H groups in total. The Morgan fingerprint density at radius 3 is 2.71 bits per heavy atom. The standard InChI is InChI=1S/C13H15N3O/c1-2-5-10(6-3-1)13-16-15-12(17-13)9-14-11-7-4-8-11/h1-3,5-6,11,14H,4,7-9H2. The molecule has 1 aromatic carbocycles. The first-order chi connectivity index (χ1) is 8.42. The first kappa shape index (κ1) is 10.5. The zero-order valence-corrected chi connectivity index (χ0v) is 9.60. The van der Waals surface area contributed by atoms with Gasteiger partial charge in [0.2, 0.25) is 11.8 Å². The van der Waals surface area contributed by atoms with Crippen LogP contribution in [0.15, 0.2) is 34.7 Å². The summed E-state index contributed by atoms with van der Waals surface area (Å²) in [7, 11) is 0. The van der Waals surface area contributed by atoms with Gasteiger partial charge >= 0.3 is 0 Å². The fraction of sp³-hybridized carbons (Fsp3) is 0.385. The Labute approximate surface area is 100 Å². The van der Waals surface area contributed by atoms with Crippen LogP contribution in [0, 0.1) is 0 Å². The molecule has 3 rings (SSSR count). The molecular formula is C13H15N3O. The average molecular weight is 229 g/mol. The third kappa shape index (κ3) is 2.36. The van der Waals surface area contributed by atoms with Crippen LogP contribution in [-0.2, 0) is 6.54 Å². The number of nitrogens with zero attached hydrogens (tertiary/aromatic N) is 2. The maximum absolute atomic E-state index is 5.60. The van der Waals surface area contributed by atoms with Gasteiger partial charge < -0.3 is 9.73 Å². The second-order valence-electron chi connectivity index (χ2n) is 4.38. The molecule has 88 valence electrons. The highest BCUT2D eigenvalue weighted by Crippen LogP contribution is 2.20. The van der Waals surface area contributed by atoms with E-state index in [0.717, 1.165) is 5.56 Å². The van der Waals surface area contributed by atoms with Crippen LogP contribution in [0.3, 0.4) is 0 Å². The monoisotopic (exact) mass is 229 g/mol. The Morgan fingerprint density at radius 1 is 1.18 bits per heavy atom. The van der Waals surface area contributed by atoms with E-state index < -0.39 is 0 Å². The zero-order valence-electron chi connectivity index (χ0n) is 9.60. The average Bonchev–Trinajstić information content (AvgIpc) is 2.77. The van der Waals surface area contributed by atoms with Crippen molar-refractivity contribution in [2.24, 2.45) is 0 Å². The van der Waals surface area contributed by atoms with Crippen molar-refractivity contribution in [3.8, 4) is 11.5 Å². The number of rotatable bonds is 4. The highest BCUT2D eigenvalue weighted by atomic mass is 16.4. The number of nitrogens with one attached hydrogen (secondary N) is 1. The van der Waals surface area contributed by atoms with E-state index in [0.29, 0.717) is 24.4 Å². The van der Waals surface area contributed by atoms with Crippen LogP contribution >= 0.6 is 0 Å². The second-order valence-corrected chi connectivity index (χ2v) is 4.38. The second kappa shape index (κ2) is 4.67. The predicted octanol–water partition coefficient (Wildman–Crippen LogP) is 2.38. The van der Waals surface area contributed by atoms with Gasteiger partial charge in [-0.2, -0.15) is 0 Å². The van der Waals surface area contributed by atoms with Crippen LogP contribution in [0.2, 0.25) is 0 Å². The minimum atomic E-state index is 0.594. The van der Waals surface area contributed by atoms with Gasteiger partial charge in [-0.15, -0.1) is 10.2 Å². The van der Waals surface area contributed by atoms with Gasteiger partial charge in [0.25, 0.3) is 0 Å². The molecule has 4 heteroatoms. The van der Waals surface area contributed by atoms with Crippen molar-refractivity contribution in [3.63, 3.8) is 0 Å². The van der Waals surface area contributed by atoms with E-state index in [1.807, 2.05) is 30.3 Å². The van der Waals surface area contributed by atoms with Crippen molar-refractivity contribution in [1.82, 2.24) is 15.5 Å². The molecule has 1 saturated carbocycles.